The van der Waals surface area contributed by atoms with Crippen LogP contribution in [0, 0.1) is 5.41 Å². The van der Waals surface area contributed by atoms with E-state index in [1.54, 1.807) is 20.4 Å². The van der Waals surface area contributed by atoms with Gasteiger partial charge in [-0.1, -0.05) is 34.6 Å². The van der Waals surface area contributed by atoms with E-state index in [0.717, 1.165) is 18.1 Å². The fraction of sp³-hybridized carbons (Fsp3) is 0.778. The van der Waals surface area contributed by atoms with Gasteiger partial charge in [0.15, 0.2) is 5.96 Å². The number of hydrogen-bond donors (Lipinski definition) is 2. The van der Waals surface area contributed by atoms with Crippen molar-refractivity contribution in [3.8, 4) is 0 Å². The van der Waals surface area contributed by atoms with Crippen LogP contribution in [0.3, 0.4) is 0 Å². The highest BCUT2D eigenvalue weighted by molar-refractivity contribution is 5.80. The topological polar surface area (TPSA) is 71.7 Å². The Labute approximate surface area is 145 Å². The smallest absolute Gasteiger partial charge is 0.213 e. The molecule has 0 aliphatic heterocycles. The van der Waals surface area contributed by atoms with Gasteiger partial charge in [-0.2, -0.15) is 0 Å². The summed E-state index contributed by atoms with van der Waals surface area (Å²) in [6.45, 7) is 13.4. The molecular formula is C18H32N4O2. The van der Waals surface area contributed by atoms with Crippen LogP contribution in [0.4, 0.5) is 0 Å². The van der Waals surface area contributed by atoms with Gasteiger partial charge < -0.3 is 19.8 Å². The average molecular weight is 336 g/mol. The first-order valence-corrected chi connectivity index (χ1v) is 8.51. The summed E-state index contributed by atoms with van der Waals surface area (Å²) in [6.07, 6.45) is 2.75. The Morgan fingerprint density at radius 3 is 2.54 bits per heavy atom. The zero-order valence-electron chi connectivity index (χ0n) is 16.3. The van der Waals surface area contributed by atoms with Crippen molar-refractivity contribution < 1.29 is 9.15 Å². The molecule has 2 atom stereocenters. The van der Waals surface area contributed by atoms with E-state index in [-0.39, 0.29) is 16.4 Å². The summed E-state index contributed by atoms with van der Waals surface area (Å²) in [6, 6.07) is 0.309. The van der Waals surface area contributed by atoms with Crippen molar-refractivity contribution in [2.24, 2.45) is 10.4 Å². The molecule has 0 saturated heterocycles. The number of ether oxygens (including phenoxy) is 1. The van der Waals surface area contributed by atoms with Crippen LogP contribution in [0.5, 0.6) is 0 Å². The second-order valence-electron chi connectivity index (χ2n) is 8.35. The van der Waals surface area contributed by atoms with Gasteiger partial charge >= 0.3 is 0 Å². The van der Waals surface area contributed by atoms with Crippen LogP contribution in [0.25, 0.3) is 0 Å². The molecule has 1 aromatic heterocycles. The highest BCUT2D eigenvalue weighted by Crippen LogP contribution is 2.51. The summed E-state index contributed by atoms with van der Waals surface area (Å²) in [5, 5.41) is 6.75. The first-order chi connectivity index (χ1) is 11.0. The molecule has 0 amide bonds. The summed E-state index contributed by atoms with van der Waals surface area (Å²) >= 11 is 0. The molecule has 0 aromatic carbocycles. The zero-order valence-corrected chi connectivity index (χ0v) is 16.3. The van der Waals surface area contributed by atoms with E-state index in [9.17, 15) is 0 Å². The molecule has 2 rings (SSSR count). The minimum Gasteiger partial charge on any atom is -0.443 e. The van der Waals surface area contributed by atoms with Crippen LogP contribution in [-0.2, 0) is 16.7 Å². The highest BCUT2D eigenvalue weighted by Gasteiger charge is 2.58. The molecule has 2 N–H and O–H groups in total. The third-order valence-corrected chi connectivity index (χ3v) is 5.51. The quantitative estimate of drug-likeness (QED) is 0.653. The normalized spacial score (nSPS) is 26.8. The minimum absolute atomic E-state index is 0.0295. The monoisotopic (exact) mass is 336 g/mol. The standard InChI is InChI=1S/C18H32N4O2/c1-16(2,3)13-10-20-14(24-13)11-21-15(19-7)22-12-9-18(6,23-8)17(12,4)5/h10,12H,9,11H2,1-8H3,(H2,19,21,22). The predicted octanol–water partition coefficient (Wildman–Crippen LogP) is 2.84. The molecule has 0 radical (unpaired) electrons. The van der Waals surface area contributed by atoms with Crippen LogP contribution in [0.2, 0.25) is 0 Å². The van der Waals surface area contributed by atoms with E-state index >= 15 is 0 Å². The van der Waals surface area contributed by atoms with Gasteiger partial charge in [0.25, 0.3) is 0 Å². The Balaban J connectivity index is 1.92. The summed E-state index contributed by atoms with van der Waals surface area (Å²) < 4.78 is 11.5. The van der Waals surface area contributed by atoms with Crippen molar-refractivity contribution in [3.05, 3.63) is 17.8 Å². The van der Waals surface area contributed by atoms with Crippen molar-refractivity contribution in [2.45, 2.75) is 71.6 Å². The molecule has 6 heteroatoms. The van der Waals surface area contributed by atoms with Crippen LogP contribution in [0.1, 0.15) is 59.6 Å². The average Bonchev–Trinajstić information content (AvgIpc) is 2.99. The summed E-state index contributed by atoms with van der Waals surface area (Å²) in [5.41, 5.74) is -0.110. The summed E-state index contributed by atoms with van der Waals surface area (Å²) in [7, 11) is 3.55. The summed E-state index contributed by atoms with van der Waals surface area (Å²) in [5.74, 6) is 2.30. The Kier molecular flexibility index (Phi) is 5.00. The number of aromatic nitrogens is 1. The number of aliphatic imine (C=N–C) groups is 1. The zero-order chi connectivity index (χ0) is 18.2. The van der Waals surface area contributed by atoms with E-state index in [1.807, 2.05) is 0 Å². The molecule has 1 fully saturated rings. The van der Waals surface area contributed by atoms with Gasteiger partial charge in [-0.3, -0.25) is 4.99 Å². The van der Waals surface area contributed by atoms with E-state index in [0.29, 0.717) is 18.5 Å². The van der Waals surface area contributed by atoms with E-state index < -0.39 is 0 Å². The van der Waals surface area contributed by atoms with Gasteiger partial charge in [0.2, 0.25) is 5.89 Å². The Bertz CT molecular complexity index is 600. The number of nitrogens with one attached hydrogen (secondary N) is 2. The molecule has 1 heterocycles. The minimum atomic E-state index is -0.103. The maximum Gasteiger partial charge on any atom is 0.213 e. The fourth-order valence-electron chi connectivity index (χ4n) is 2.98. The van der Waals surface area contributed by atoms with Crippen molar-refractivity contribution in [3.63, 3.8) is 0 Å². The third kappa shape index (κ3) is 3.43. The molecule has 2 unspecified atom stereocenters. The van der Waals surface area contributed by atoms with E-state index in [4.69, 9.17) is 9.15 Å². The van der Waals surface area contributed by atoms with Gasteiger partial charge in [0.1, 0.15) is 5.76 Å². The lowest BCUT2D eigenvalue weighted by atomic mass is 9.56. The van der Waals surface area contributed by atoms with Crippen molar-refractivity contribution in [2.75, 3.05) is 14.2 Å². The highest BCUT2D eigenvalue weighted by atomic mass is 16.5. The van der Waals surface area contributed by atoms with Crippen molar-refractivity contribution in [1.29, 1.82) is 0 Å². The van der Waals surface area contributed by atoms with Crippen molar-refractivity contribution in [1.82, 2.24) is 15.6 Å². The molecule has 1 saturated carbocycles. The van der Waals surface area contributed by atoms with Crippen molar-refractivity contribution >= 4 is 5.96 Å². The van der Waals surface area contributed by atoms with Gasteiger partial charge in [-0.25, -0.2) is 4.98 Å². The molecule has 0 spiro atoms. The number of guanidine groups is 1. The van der Waals surface area contributed by atoms with Gasteiger partial charge in [0.05, 0.1) is 18.3 Å². The number of hydrogen-bond acceptors (Lipinski definition) is 4. The second-order valence-corrected chi connectivity index (χ2v) is 8.35. The molecule has 1 aliphatic rings. The summed E-state index contributed by atoms with van der Waals surface area (Å²) in [4.78, 5) is 8.64. The third-order valence-electron chi connectivity index (χ3n) is 5.51. The fourth-order valence-corrected chi connectivity index (χ4v) is 2.98. The molecule has 1 aliphatic carbocycles. The van der Waals surface area contributed by atoms with Crippen LogP contribution < -0.4 is 10.6 Å². The lowest BCUT2D eigenvalue weighted by molar-refractivity contribution is -0.176. The molecular weight excluding hydrogens is 304 g/mol. The van der Waals surface area contributed by atoms with Crippen LogP contribution >= 0.6 is 0 Å². The number of nitrogens with zero attached hydrogens (tertiary/aromatic N) is 2. The first-order valence-electron chi connectivity index (χ1n) is 8.51. The molecule has 1 aromatic rings. The van der Waals surface area contributed by atoms with Crippen LogP contribution in [0.15, 0.2) is 15.6 Å². The predicted molar refractivity (Wildman–Crippen MR) is 96.1 cm³/mol. The molecule has 6 nitrogen and oxygen atoms in total. The SMILES string of the molecule is CN=C(NCc1ncc(C(C)(C)C)o1)NC1CC(C)(OC)C1(C)C. The Morgan fingerprint density at radius 1 is 1.42 bits per heavy atom. The lowest BCUT2D eigenvalue weighted by Crippen LogP contribution is -2.69. The lowest BCUT2D eigenvalue weighted by Gasteiger charge is -2.59. The number of oxazole rings is 1. The molecule has 136 valence electrons. The molecule has 0 bridgehead atoms. The molecule has 24 heavy (non-hydrogen) atoms. The maximum absolute atomic E-state index is 5.80. The maximum atomic E-state index is 5.80. The van der Waals surface area contributed by atoms with Gasteiger partial charge in [-0.15, -0.1) is 0 Å². The van der Waals surface area contributed by atoms with Gasteiger partial charge in [-0.05, 0) is 13.3 Å². The Hall–Kier alpha value is -1.56. The largest absolute Gasteiger partial charge is 0.443 e. The first kappa shape index (κ1) is 18.8. The number of rotatable bonds is 4. The Morgan fingerprint density at radius 2 is 2.08 bits per heavy atom. The number of methoxy groups -OCH3 is 1. The van der Waals surface area contributed by atoms with Crippen LogP contribution in [-0.4, -0.2) is 36.7 Å². The second kappa shape index (κ2) is 6.39. The van der Waals surface area contributed by atoms with E-state index in [1.165, 1.54) is 0 Å². The van der Waals surface area contributed by atoms with E-state index in [2.05, 4.69) is 62.2 Å². The van der Waals surface area contributed by atoms with Gasteiger partial charge in [0, 0.05) is 31.0 Å².